The van der Waals surface area contributed by atoms with E-state index < -0.39 is 29.6 Å². The number of amides is 1. The van der Waals surface area contributed by atoms with E-state index >= 15 is 0 Å². The second-order valence-electron chi connectivity index (χ2n) is 7.97. The van der Waals surface area contributed by atoms with Crippen LogP contribution in [-0.4, -0.2) is 43.8 Å². The predicted octanol–water partition coefficient (Wildman–Crippen LogP) is 3.09. The molecule has 1 aliphatic rings. The first-order chi connectivity index (χ1) is 16.7. The maximum absolute atomic E-state index is 13.0. The lowest BCUT2D eigenvalue weighted by atomic mass is 10.0. The summed E-state index contributed by atoms with van der Waals surface area (Å²) in [7, 11) is 0. The molecule has 3 aromatic rings. The number of pyridine rings is 1. The average Bonchev–Trinajstić information content (AvgIpc) is 3.43. The molecule has 0 spiro atoms. The molecule has 4 rings (SSSR count). The quantitative estimate of drug-likeness (QED) is 0.459. The van der Waals surface area contributed by atoms with Gasteiger partial charge in [0.15, 0.2) is 0 Å². The smallest absolute Gasteiger partial charge is 0.404 e. The van der Waals surface area contributed by atoms with Crippen LogP contribution in [-0.2, 0) is 17.8 Å². The van der Waals surface area contributed by atoms with Crippen LogP contribution in [0.5, 0.6) is 5.75 Å². The van der Waals surface area contributed by atoms with Crippen molar-refractivity contribution in [3.8, 4) is 17.5 Å². The first kappa shape index (κ1) is 24.4. The third-order valence-electron chi connectivity index (χ3n) is 5.25. The number of ether oxygens (including phenoxy) is 1. The lowest BCUT2D eigenvalue weighted by Crippen LogP contribution is -2.49. The molecule has 0 unspecified atom stereocenters. The van der Waals surface area contributed by atoms with Crippen molar-refractivity contribution >= 4 is 17.5 Å². The van der Waals surface area contributed by atoms with Gasteiger partial charge in [0.1, 0.15) is 17.0 Å². The number of halogens is 4. The molecule has 13 heteroatoms. The van der Waals surface area contributed by atoms with E-state index in [2.05, 4.69) is 36.6 Å². The molecule has 0 radical (unpaired) electrons. The summed E-state index contributed by atoms with van der Waals surface area (Å²) >= 11 is 5.96. The molecule has 182 valence electrons. The minimum Gasteiger partial charge on any atom is -0.404 e. The first-order valence-electron chi connectivity index (χ1n) is 10.5. The molecule has 1 amide bonds. The second kappa shape index (κ2) is 9.89. The van der Waals surface area contributed by atoms with Crippen molar-refractivity contribution in [1.29, 1.82) is 5.26 Å². The molecule has 1 fully saturated rings. The van der Waals surface area contributed by atoms with Gasteiger partial charge in [0, 0.05) is 12.7 Å². The van der Waals surface area contributed by atoms with Gasteiger partial charge in [-0.05, 0) is 49.1 Å². The van der Waals surface area contributed by atoms with E-state index in [0.717, 1.165) is 6.07 Å². The van der Waals surface area contributed by atoms with Gasteiger partial charge in [-0.2, -0.15) is 15.5 Å². The van der Waals surface area contributed by atoms with Crippen molar-refractivity contribution < 1.29 is 22.7 Å². The van der Waals surface area contributed by atoms with E-state index in [9.17, 15) is 23.2 Å². The molecule has 0 bridgehead atoms. The normalized spacial score (nSPS) is 15.2. The molecule has 1 aliphatic carbocycles. The number of aromatic nitrogens is 4. The summed E-state index contributed by atoms with van der Waals surface area (Å²) in [6, 6.07) is 8.60. The summed E-state index contributed by atoms with van der Waals surface area (Å²) in [5.41, 5.74) is 0.814. The zero-order valence-corrected chi connectivity index (χ0v) is 18.8. The Kier molecular flexibility index (Phi) is 6.90. The van der Waals surface area contributed by atoms with Crippen LogP contribution in [0.4, 0.5) is 13.2 Å². The van der Waals surface area contributed by atoms with E-state index in [1.807, 2.05) is 0 Å². The van der Waals surface area contributed by atoms with Crippen molar-refractivity contribution in [2.45, 2.75) is 43.8 Å². The van der Waals surface area contributed by atoms with Gasteiger partial charge in [0.2, 0.25) is 5.91 Å². The highest BCUT2D eigenvalue weighted by Crippen LogP contribution is 2.34. The summed E-state index contributed by atoms with van der Waals surface area (Å²) < 4.78 is 41.4. The summed E-state index contributed by atoms with van der Waals surface area (Å²) in [6.07, 6.45) is 1.08. The number of nitriles is 1. The summed E-state index contributed by atoms with van der Waals surface area (Å²) in [5, 5.41) is 23.5. The zero-order chi connectivity index (χ0) is 25.1. The molecule has 1 saturated carbocycles. The Morgan fingerprint density at radius 1 is 1.31 bits per heavy atom. The molecule has 1 atom stereocenters. The Labute approximate surface area is 202 Å². The van der Waals surface area contributed by atoms with Gasteiger partial charge >= 0.3 is 6.36 Å². The summed E-state index contributed by atoms with van der Waals surface area (Å²) in [5.74, 6) is -0.958. The van der Waals surface area contributed by atoms with Crippen LogP contribution in [0.3, 0.4) is 0 Å². The molecule has 2 N–H and O–H groups in total. The molecule has 1 aromatic carbocycles. The van der Waals surface area contributed by atoms with Crippen molar-refractivity contribution in [1.82, 2.24) is 30.6 Å². The predicted molar refractivity (Wildman–Crippen MR) is 117 cm³/mol. The average molecular weight is 506 g/mol. The Bertz CT molecular complexity index is 1240. The molecular weight excluding hydrogens is 487 g/mol. The van der Waals surface area contributed by atoms with E-state index in [1.54, 1.807) is 24.5 Å². The first-order valence-corrected chi connectivity index (χ1v) is 10.9. The monoisotopic (exact) mass is 505 g/mol. The van der Waals surface area contributed by atoms with Crippen molar-refractivity contribution in [2.75, 3.05) is 0 Å². The number of carbonyl (C=O) groups is 1. The number of hydrogen-bond acceptors (Lipinski definition) is 7. The number of carbonyl (C=O) groups excluding carboxylic acids is 1. The minimum atomic E-state index is -4.88. The zero-order valence-electron chi connectivity index (χ0n) is 18.1. The van der Waals surface area contributed by atoms with Crippen LogP contribution >= 0.6 is 11.6 Å². The Balaban J connectivity index is 1.48. The largest absolute Gasteiger partial charge is 0.573 e. The van der Waals surface area contributed by atoms with Crippen molar-refractivity contribution in [3.05, 3.63) is 65.2 Å². The van der Waals surface area contributed by atoms with E-state index in [0.29, 0.717) is 29.8 Å². The molecule has 0 saturated heterocycles. The van der Waals surface area contributed by atoms with Gasteiger partial charge in [0.05, 0.1) is 35.2 Å². The highest BCUT2D eigenvalue weighted by molar-refractivity contribution is 6.32. The van der Waals surface area contributed by atoms with E-state index in [1.165, 1.54) is 23.1 Å². The highest BCUT2D eigenvalue weighted by atomic mass is 35.5. The van der Waals surface area contributed by atoms with Crippen molar-refractivity contribution in [3.63, 3.8) is 0 Å². The molecule has 35 heavy (non-hydrogen) atoms. The number of benzene rings is 1. The van der Waals surface area contributed by atoms with Crippen LogP contribution in [0, 0.1) is 11.3 Å². The third kappa shape index (κ3) is 6.46. The van der Waals surface area contributed by atoms with Crippen LogP contribution in [0.15, 0.2) is 48.9 Å². The van der Waals surface area contributed by atoms with Gasteiger partial charge in [-0.1, -0.05) is 17.7 Å². The Morgan fingerprint density at radius 3 is 2.74 bits per heavy atom. The number of alkyl halides is 3. The van der Waals surface area contributed by atoms with Gasteiger partial charge in [-0.15, -0.1) is 18.0 Å². The standard InChI is InChI=1S/C22H19ClF3N7O2/c23-17-8-14(3-4-19(17)35-22(24,25)26)9-18(20(34)31-21(13-27)5-6-21)29-10-15-11-30-33(32-15)16-2-1-7-28-12-16/h1-4,7-8,11-12,18,29H,5-6,9-10H2,(H,31,34)/t18-/m0/s1. The molecule has 2 aromatic heterocycles. The number of nitrogens with zero attached hydrogens (tertiary/aromatic N) is 5. The lowest BCUT2D eigenvalue weighted by Gasteiger charge is -2.20. The third-order valence-corrected chi connectivity index (χ3v) is 5.55. The van der Waals surface area contributed by atoms with E-state index in [-0.39, 0.29) is 18.0 Å². The summed E-state index contributed by atoms with van der Waals surface area (Å²) in [4.78, 5) is 18.4. The molecular formula is C22H19ClF3N7O2. The maximum Gasteiger partial charge on any atom is 0.573 e. The minimum absolute atomic E-state index is 0.0934. The molecule has 9 nitrogen and oxygen atoms in total. The maximum atomic E-state index is 13.0. The fraction of sp³-hybridized carbons (Fsp3) is 0.318. The van der Waals surface area contributed by atoms with E-state index in [4.69, 9.17) is 11.6 Å². The van der Waals surface area contributed by atoms with Crippen molar-refractivity contribution in [2.24, 2.45) is 0 Å². The SMILES string of the molecule is N#CC1(NC(=O)[C@H](Cc2ccc(OC(F)(F)F)c(Cl)c2)NCc2cnn(-c3cccnc3)n2)CC1. The molecule has 0 aliphatic heterocycles. The molecule has 2 heterocycles. The van der Waals surface area contributed by atoms with Gasteiger partial charge < -0.3 is 10.1 Å². The number of nitrogens with one attached hydrogen (secondary N) is 2. The number of rotatable bonds is 9. The van der Waals surface area contributed by atoms with Crippen LogP contribution in [0.2, 0.25) is 5.02 Å². The lowest BCUT2D eigenvalue weighted by molar-refractivity contribution is -0.274. The Morgan fingerprint density at radius 2 is 2.11 bits per heavy atom. The second-order valence-corrected chi connectivity index (χ2v) is 8.38. The Hall–Kier alpha value is -3.69. The van der Waals surface area contributed by atoms with Gasteiger partial charge in [-0.3, -0.25) is 15.1 Å². The fourth-order valence-electron chi connectivity index (χ4n) is 3.28. The summed E-state index contributed by atoms with van der Waals surface area (Å²) in [6.45, 7) is 0.168. The van der Waals surface area contributed by atoms with Crippen LogP contribution in [0.25, 0.3) is 5.69 Å². The van der Waals surface area contributed by atoms with Gasteiger partial charge in [-0.25, -0.2) is 0 Å². The number of hydrogen-bond donors (Lipinski definition) is 2. The van der Waals surface area contributed by atoms with Crippen LogP contribution < -0.4 is 15.4 Å². The topological polar surface area (TPSA) is 118 Å². The van der Waals surface area contributed by atoms with Crippen LogP contribution in [0.1, 0.15) is 24.1 Å². The highest BCUT2D eigenvalue weighted by Gasteiger charge is 2.45. The van der Waals surface area contributed by atoms with Gasteiger partial charge in [0.25, 0.3) is 0 Å². The fourth-order valence-corrected chi connectivity index (χ4v) is 3.53.